The second kappa shape index (κ2) is 5.38. The van der Waals surface area contributed by atoms with Gasteiger partial charge in [-0.1, -0.05) is 4.89 Å². The van der Waals surface area contributed by atoms with Crippen LogP contribution in [0.15, 0.2) is 9.31 Å². The maximum absolute atomic E-state index is 11.9. The molecule has 0 saturated carbocycles. The van der Waals surface area contributed by atoms with Crippen LogP contribution in [-0.4, -0.2) is 32.0 Å². The molecule has 1 aromatic heterocycles. The SMILES string of the molecule is Cc1oc(C)c(S(=O)(=O)NOCC(N)=O)c1C(=O)O. The van der Waals surface area contributed by atoms with Crippen LogP contribution >= 0.6 is 0 Å². The molecule has 0 aliphatic rings. The first-order valence-electron chi connectivity index (χ1n) is 4.92. The van der Waals surface area contributed by atoms with E-state index >= 15 is 0 Å². The van der Waals surface area contributed by atoms with Crippen molar-refractivity contribution >= 4 is 21.9 Å². The Bertz CT molecular complexity index is 617. The number of carbonyl (C=O) groups excluding carboxylic acids is 1. The van der Waals surface area contributed by atoms with Gasteiger partial charge >= 0.3 is 5.97 Å². The van der Waals surface area contributed by atoms with Crippen LogP contribution in [0.2, 0.25) is 0 Å². The third-order valence-electron chi connectivity index (χ3n) is 2.07. The lowest BCUT2D eigenvalue weighted by molar-refractivity contribution is -0.123. The predicted octanol–water partition coefficient (Wildman–Crippen LogP) is -0.710. The molecule has 0 aliphatic heterocycles. The number of carboxylic acid groups (broad SMARTS) is 1. The van der Waals surface area contributed by atoms with Crippen molar-refractivity contribution in [2.24, 2.45) is 5.73 Å². The third-order valence-corrected chi connectivity index (χ3v) is 3.44. The molecule has 1 heterocycles. The molecule has 4 N–H and O–H groups in total. The van der Waals surface area contributed by atoms with Crippen molar-refractivity contribution in [1.29, 1.82) is 0 Å². The minimum atomic E-state index is -4.30. The van der Waals surface area contributed by atoms with Gasteiger partial charge in [-0.15, -0.1) is 0 Å². The van der Waals surface area contributed by atoms with Crippen molar-refractivity contribution in [3.8, 4) is 0 Å². The second-order valence-corrected chi connectivity index (χ2v) is 5.15. The fraction of sp³-hybridized carbons (Fsp3) is 0.333. The number of aromatic carboxylic acids is 1. The van der Waals surface area contributed by atoms with Crippen LogP contribution in [0.4, 0.5) is 0 Å². The molecule has 1 rings (SSSR count). The molecule has 0 spiro atoms. The van der Waals surface area contributed by atoms with Gasteiger partial charge in [0.1, 0.15) is 28.6 Å². The predicted molar refractivity (Wildman–Crippen MR) is 60.6 cm³/mol. The summed E-state index contributed by atoms with van der Waals surface area (Å²) < 4.78 is 28.7. The molecule has 0 aliphatic carbocycles. The van der Waals surface area contributed by atoms with E-state index in [-0.39, 0.29) is 11.5 Å². The molecule has 0 bridgehead atoms. The largest absolute Gasteiger partial charge is 0.478 e. The Morgan fingerprint density at radius 3 is 2.42 bits per heavy atom. The highest BCUT2D eigenvalue weighted by molar-refractivity contribution is 7.89. The van der Waals surface area contributed by atoms with Crippen molar-refractivity contribution in [1.82, 2.24) is 4.89 Å². The van der Waals surface area contributed by atoms with Gasteiger partial charge in [-0.25, -0.2) is 13.2 Å². The maximum atomic E-state index is 11.9. The summed E-state index contributed by atoms with van der Waals surface area (Å²) in [4.78, 5) is 26.9. The molecule has 19 heavy (non-hydrogen) atoms. The van der Waals surface area contributed by atoms with E-state index in [1.807, 2.05) is 0 Å². The Labute approximate surface area is 108 Å². The first-order valence-corrected chi connectivity index (χ1v) is 6.40. The fourth-order valence-corrected chi connectivity index (χ4v) is 2.67. The Kier molecular flexibility index (Phi) is 4.29. The number of nitrogens with one attached hydrogen (secondary N) is 1. The lowest BCUT2D eigenvalue weighted by atomic mass is 10.2. The van der Waals surface area contributed by atoms with Crippen molar-refractivity contribution in [3.63, 3.8) is 0 Å². The molecule has 0 saturated heterocycles. The number of aryl methyl sites for hydroxylation is 2. The normalized spacial score (nSPS) is 11.5. The van der Waals surface area contributed by atoms with Crippen molar-refractivity contribution in [2.45, 2.75) is 18.7 Å². The van der Waals surface area contributed by atoms with Crippen LogP contribution < -0.4 is 10.6 Å². The quantitative estimate of drug-likeness (QED) is 0.586. The van der Waals surface area contributed by atoms with Gasteiger partial charge in [0, 0.05) is 0 Å². The Hall–Kier alpha value is -1.91. The molecule has 0 radical (unpaired) electrons. The Balaban J connectivity index is 3.14. The van der Waals surface area contributed by atoms with E-state index in [0.717, 1.165) is 0 Å². The van der Waals surface area contributed by atoms with Crippen LogP contribution in [0.3, 0.4) is 0 Å². The molecule has 1 aromatic rings. The number of hydrogen-bond donors (Lipinski definition) is 3. The fourth-order valence-electron chi connectivity index (χ4n) is 1.45. The van der Waals surface area contributed by atoms with E-state index in [2.05, 4.69) is 4.84 Å². The topological polar surface area (TPSA) is 149 Å². The zero-order valence-electron chi connectivity index (χ0n) is 10.1. The molecule has 0 fully saturated rings. The molecule has 106 valence electrons. The zero-order valence-corrected chi connectivity index (χ0v) is 10.9. The van der Waals surface area contributed by atoms with E-state index in [4.69, 9.17) is 15.3 Å². The van der Waals surface area contributed by atoms with Crippen LogP contribution in [0, 0.1) is 13.8 Å². The smallest absolute Gasteiger partial charge is 0.340 e. The molecule has 1 amide bonds. The van der Waals surface area contributed by atoms with Crippen molar-refractivity contribution in [3.05, 3.63) is 17.1 Å². The second-order valence-electron chi connectivity index (χ2n) is 3.57. The molecule has 0 atom stereocenters. The number of carboxylic acids is 1. The molecular formula is C9H12N2O7S. The number of carbonyl (C=O) groups is 2. The number of rotatable bonds is 6. The molecule has 0 aromatic carbocycles. The Morgan fingerprint density at radius 2 is 1.95 bits per heavy atom. The summed E-state index contributed by atoms with van der Waals surface area (Å²) in [5.74, 6) is -2.50. The highest BCUT2D eigenvalue weighted by atomic mass is 32.2. The van der Waals surface area contributed by atoms with Gasteiger partial charge in [-0.05, 0) is 13.8 Å². The third kappa shape index (κ3) is 3.30. The van der Waals surface area contributed by atoms with Crippen molar-refractivity contribution < 1.29 is 32.4 Å². The van der Waals surface area contributed by atoms with Gasteiger partial charge in [0.25, 0.3) is 10.0 Å². The maximum Gasteiger partial charge on any atom is 0.340 e. The highest BCUT2D eigenvalue weighted by Gasteiger charge is 2.31. The molecule has 0 unspecified atom stereocenters. The summed E-state index contributed by atoms with van der Waals surface area (Å²) in [6.07, 6.45) is 0. The lowest BCUT2D eigenvalue weighted by Gasteiger charge is -2.05. The first kappa shape index (κ1) is 15.1. The van der Waals surface area contributed by atoms with Gasteiger partial charge in [0.15, 0.2) is 0 Å². The van der Waals surface area contributed by atoms with Crippen LogP contribution in [-0.2, 0) is 19.7 Å². The summed E-state index contributed by atoms with van der Waals surface area (Å²) in [6.45, 7) is 1.93. The number of primary amides is 1. The number of nitrogens with two attached hydrogens (primary N) is 1. The van der Waals surface area contributed by atoms with E-state index in [1.54, 1.807) is 4.89 Å². The minimum absolute atomic E-state index is 0.0553. The summed E-state index contributed by atoms with van der Waals surface area (Å²) in [5, 5.41) is 8.97. The van der Waals surface area contributed by atoms with E-state index in [1.165, 1.54) is 13.8 Å². The van der Waals surface area contributed by atoms with Crippen molar-refractivity contribution in [2.75, 3.05) is 6.61 Å². The molecular weight excluding hydrogens is 280 g/mol. The Morgan fingerprint density at radius 1 is 1.37 bits per heavy atom. The average Bonchev–Trinajstić information content (AvgIpc) is 2.53. The van der Waals surface area contributed by atoms with Gasteiger partial charge in [0.2, 0.25) is 5.91 Å². The zero-order chi connectivity index (χ0) is 14.8. The number of amides is 1. The van der Waals surface area contributed by atoms with Gasteiger partial charge in [-0.3, -0.25) is 9.63 Å². The van der Waals surface area contributed by atoms with E-state index < -0.39 is 39.0 Å². The summed E-state index contributed by atoms with van der Waals surface area (Å²) in [7, 11) is -4.30. The highest BCUT2D eigenvalue weighted by Crippen LogP contribution is 2.26. The van der Waals surface area contributed by atoms with Gasteiger partial charge in [-0.2, -0.15) is 0 Å². The molecule has 9 nitrogen and oxygen atoms in total. The summed E-state index contributed by atoms with van der Waals surface area (Å²) >= 11 is 0. The van der Waals surface area contributed by atoms with Gasteiger partial charge < -0.3 is 15.3 Å². The monoisotopic (exact) mass is 292 g/mol. The van der Waals surface area contributed by atoms with E-state index in [0.29, 0.717) is 0 Å². The lowest BCUT2D eigenvalue weighted by Crippen LogP contribution is -2.30. The average molecular weight is 292 g/mol. The number of sulfonamides is 1. The standard InChI is InChI=1S/C9H12N2O7S/c1-4-7(9(13)14)8(5(2)18-4)19(15,16)11-17-3-6(10)12/h11H,3H2,1-2H3,(H2,10,12)(H,13,14). The number of furan rings is 1. The van der Waals surface area contributed by atoms with Gasteiger partial charge in [0.05, 0.1) is 0 Å². The van der Waals surface area contributed by atoms with Crippen LogP contribution in [0.5, 0.6) is 0 Å². The minimum Gasteiger partial charge on any atom is -0.478 e. The summed E-state index contributed by atoms with van der Waals surface area (Å²) in [5.41, 5.74) is 4.27. The molecule has 10 heteroatoms. The van der Waals surface area contributed by atoms with E-state index in [9.17, 15) is 18.0 Å². The van der Waals surface area contributed by atoms with Crippen LogP contribution in [0.1, 0.15) is 21.9 Å². The van der Waals surface area contributed by atoms with Crippen LogP contribution in [0.25, 0.3) is 0 Å². The first-order chi connectivity index (χ1) is 8.66. The summed E-state index contributed by atoms with van der Waals surface area (Å²) in [6, 6.07) is 0. The number of hydrogen-bond acceptors (Lipinski definition) is 6.